The molecule has 0 saturated carbocycles. The van der Waals surface area contributed by atoms with E-state index in [-0.39, 0.29) is 18.0 Å². The molecule has 0 bridgehead atoms. The fourth-order valence-electron chi connectivity index (χ4n) is 2.56. The molecule has 1 heterocycles. The Bertz CT molecular complexity index is 560. The monoisotopic (exact) mass is 342 g/mol. The molecule has 1 atom stereocenters. The number of likely N-dealkylation sites (tertiary alicyclic amines) is 1. The first-order chi connectivity index (χ1) is 10.7. The lowest BCUT2D eigenvalue weighted by Crippen LogP contribution is -2.49. The molecule has 1 fully saturated rings. The molecule has 1 aromatic carbocycles. The van der Waals surface area contributed by atoms with Crippen molar-refractivity contribution in [1.82, 2.24) is 10.2 Å². The lowest BCUT2D eigenvalue weighted by Gasteiger charge is -2.34. The van der Waals surface area contributed by atoms with Gasteiger partial charge in [0.05, 0.1) is 0 Å². The normalized spacial score (nSPS) is 18.8. The maximum Gasteiger partial charge on any atom is 0.410 e. The lowest BCUT2D eigenvalue weighted by atomic mass is 10.1. The van der Waals surface area contributed by atoms with Gasteiger partial charge in [0.1, 0.15) is 11.4 Å². The Kier molecular flexibility index (Phi) is 5.87. The number of halogens is 2. The maximum atomic E-state index is 13.8. The predicted molar refractivity (Wildman–Crippen MR) is 89.1 cm³/mol. The van der Waals surface area contributed by atoms with Gasteiger partial charge < -0.3 is 15.0 Å². The topological polar surface area (TPSA) is 41.6 Å². The minimum atomic E-state index is -0.496. The van der Waals surface area contributed by atoms with Crippen LogP contribution in [0, 0.1) is 5.82 Å². The van der Waals surface area contributed by atoms with Gasteiger partial charge in [0.25, 0.3) is 0 Å². The zero-order chi connectivity index (χ0) is 17.0. The minimum absolute atomic E-state index is 0.131. The number of ether oxygens (including phenoxy) is 1. The molecule has 4 nitrogen and oxygen atoms in total. The molecule has 1 aromatic rings. The van der Waals surface area contributed by atoms with Crippen molar-refractivity contribution in [2.75, 3.05) is 13.1 Å². The molecule has 0 aliphatic carbocycles. The first-order valence-electron chi connectivity index (χ1n) is 7.90. The molecule has 0 aromatic heterocycles. The summed E-state index contributed by atoms with van der Waals surface area (Å²) in [6.45, 7) is 7.25. The molecule has 0 radical (unpaired) electrons. The lowest BCUT2D eigenvalue weighted by molar-refractivity contribution is 0.0187. The van der Waals surface area contributed by atoms with Crippen molar-refractivity contribution in [3.63, 3.8) is 0 Å². The van der Waals surface area contributed by atoms with E-state index in [1.54, 1.807) is 17.0 Å². The number of nitrogens with one attached hydrogen (secondary N) is 1. The second kappa shape index (κ2) is 7.49. The van der Waals surface area contributed by atoms with E-state index in [0.717, 1.165) is 12.8 Å². The van der Waals surface area contributed by atoms with Crippen molar-refractivity contribution in [2.24, 2.45) is 0 Å². The van der Waals surface area contributed by atoms with E-state index in [1.807, 2.05) is 20.8 Å². The van der Waals surface area contributed by atoms with E-state index in [4.69, 9.17) is 16.3 Å². The number of carbonyl (C=O) groups is 1. The van der Waals surface area contributed by atoms with Gasteiger partial charge in [-0.15, -0.1) is 0 Å². The van der Waals surface area contributed by atoms with Crippen LogP contribution >= 0.6 is 11.6 Å². The summed E-state index contributed by atoms with van der Waals surface area (Å²) in [6, 6.07) is 4.80. The number of amides is 1. The van der Waals surface area contributed by atoms with Crippen molar-refractivity contribution >= 4 is 17.7 Å². The molecule has 1 aliphatic rings. The van der Waals surface area contributed by atoms with Gasteiger partial charge >= 0.3 is 6.09 Å². The van der Waals surface area contributed by atoms with Crippen LogP contribution in [0.1, 0.15) is 39.2 Å². The zero-order valence-corrected chi connectivity index (χ0v) is 14.6. The molecule has 0 spiro atoms. The third kappa shape index (κ3) is 5.66. The number of hydrogen-bond donors (Lipinski definition) is 1. The molecule has 1 N–H and O–H groups in total. The molecule has 2 rings (SSSR count). The van der Waals surface area contributed by atoms with Gasteiger partial charge in [0.15, 0.2) is 0 Å². The highest BCUT2D eigenvalue weighted by molar-refractivity contribution is 6.30. The van der Waals surface area contributed by atoms with Gasteiger partial charge in [-0.2, -0.15) is 0 Å². The summed E-state index contributed by atoms with van der Waals surface area (Å²) in [5.41, 5.74) is 0.0768. The fraction of sp³-hybridized carbons (Fsp3) is 0.588. The molecule has 6 heteroatoms. The van der Waals surface area contributed by atoms with Gasteiger partial charge in [0, 0.05) is 36.3 Å². The van der Waals surface area contributed by atoms with Crippen LogP contribution in [0.4, 0.5) is 9.18 Å². The summed E-state index contributed by atoms with van der Waals surface area (Å²) in [4.78, 5) is 13.8. The SMILES string of the molecule is CC(C)(C)OC(=O)N1CCCC(NCc2ccc(Cl)cc2F)C1. The standard InChI is InChI=1S/C17H24ClFN2O2/c1-17(2,3)23-16(22)21-8-4-5-14(11-21)20-10-12-6-7-13(18)9-15(12)19/h6-7,9,14,20H,4-5,8,10-11H2,1-3H3. The van der Waals surface area contributed by atoms with Crippen LogP contribution in [0.2, 0.25) is 5.02 Å². The summed E-state index contributed by atoms with van der Waals surface area (Å²) in [5, 5.41) is 3.70. The van der Waals surface area contributed by atoms with Crippen molar-refractivity contribution < 1.29 is 13.9 Å². The molecule has 1 saturated heterocycles. The maximum absolute atomic E-state index is 13.8. The number of rotatable bonds is 3. The van der Waals surface area contributed by atoms with Crippen LogP contribution in [0.5, 0.6) is 0 Å². The molecule has 1 amide bonds. The van der Waals surface area contributed by atoms with Crippen molar-refractivity contribution in [3.8, 4) is 0 Å². The summed E-state index contributed by atoms with van der Waals surface area (Å²) in [5.74, 6) is -0.315. The molecular weight excluding hydrogens is 319 g/mol. The van der Waals surface area contributed by atoms with E-state index in [9.17, 15) is 9.18 Å². The Morgan fingerprint density at radius 3 is 2.87 bits per heavy atom. The Morgan fingerprint density at radius 2 is 2.22 bits per heavy atom. The smallest absolute Gasteiger partial charge is 0.410 e. The summed E-state index contributed by atoms with van der Waals surface area (Å²) >= 11 is 5.75. The number of benzene rings is 1. The summed E-state index contributed by atoms with van der Waals surface area (Å²) in [6.07, 6.45) is 1.57. The van der Waals surface area contributed by atoms with Gasteiger partial charge in [0.2, 0.25) is 0 Å². The Morgan fingerprint density at radius 1 is 1.48 bits per heavy atom. The molecular formula is C17H24ClFN2O2. The van der Waals surface area contributed by atoms with Gasteiger partial charge in [-0.25, -0.2) is 9.18 Å². The number of piperidine rings is 1. The first kappa shape index (κ1) is 18.0. The highest BCUT2D eigenvalue weighted by atomic mass is 35.5. The van der Waals surface area contributed by atoms with Crippen LogP contribution in [0.25, 0.3) is 0 Å². The molecule has 23 heavy (non-hydrogen) atoms. The van der Waals surface area contributed by atoms with Crippen molar-refractivity contribution in [2.45, 2.75) is 51.8 Å². The predicted octanol–water partition coefficient (Wildman–Crippen LogP) is 3.97. The van der Waals surface area contributed by atoms with E-state index >= 15 is 0 Å². The zero-order valence-electron chi connectivity index (χ0n) is 13.9. The van der Waals surface area contributed by atoms with Crippen molar-refractivity contribution in [3.05, 3.63) is 34.6 Å². The average molecular weight is 343 g/mol. The summed E-state index contributed by atoms with van der Waals surface area (Å²) in [7, 11) is 0. The number of hydrogen-bond acceptors (Lipinski definition) is 3. The van der Waals surface area contributed by atoms with E-state index in [2.05, 4.69) is 5.32 Å². The van der Waals surface area contributed by atoms with Gasteiger partial charge in [-0.1, -0.05) is 17.7 Å². The second-order valence-corrected chi connectivity index (χ2v) is 7.32. The minimum Gasteiger partial charge on any atom is -0.444 e. The van der Waals surface area contributed by atoms with Crippen LogP contribution in [-0.4, -0.2) is 35.7 Å². The Labute approximate surface area is 141 Å². The first-order valence-corrected chi connectivity index (χ1v) is 8.27. The summed E-state index contributed by atoms with van der Waals surface area (Å²) < 4.78 is 19.2. The third-order valence-corrected chi connectivity index (χ3v) is 3.90. The quantitative estimate of drug-likeness (QED) is 0.903. The fourth-order valence-corrected chi connectivity index (χ4v) is 2.71. The molecule has 1 aliphatic heterocycles. The van der Waals surface area contributed by atoms with Crippen molar-refractivity contribution in [1.29, 1.82) is 0 Å². The average Bonchev–Trinajstić information content (AvgIpc) is 2.45. The largest absolute Gasteiger partial charge is 0.444 e. The molecule has 1 unspecified atom stereocenters. The van der Waals surface area contributed by atoms with Gasteiger partial charge in [-0.05, 0) is 45.7 Å². The van der Waals surface area contributed by atoms with E-state index in [0.29, 0.717) is 30.2 Å². The van der Waals surface area contributed by atoms with Crippen LogP contribution < -0.4 is 5.32 Å². The van der Waals surface area contributed by atoms with E-state index < -0.39 is 5.60 Å². The van der Waals surface area contributed by atoms with Crippen LogP contribution in [-0.2, 0) is 11.3 Å². The van der Waals surface area contributed by atoms with Crippen LogP contribution in [0.15, 0.2) is 18.2 Å². The highest BCUT2D eigenvalue weighted by Gasteiger charge is 2.27. The molecule has 128 valence electrons. The third-order valence-electron chi connectivity index (χ3n) is 3.67. The van der Waals surface area contributed by atoms with Gasteiger partial charge in [-0.3, -0.25) is 0 Å². The van der Waals surface area contributed by atoms with E-state index in [1.165, 1.54) is 6.07 Å². The van der Waals surface area contributed by atoms with Crippen LogP contribution in [0.3, 0.4) is 0 Å². The highest BCUT2D eigenvalue weighted by Crippen LogP contribution is 2.17. The number of carbonyl (C=O) groups excluding carboxylic acids is 1. The Balaban J connectivity index is 1.87. The Hall–Kier alpha value is -1.33. The number of nitrogens with zero attached hydrogens (tertiary/aromatic N) is 1. The second-order valence-electron chi connectivity index (χ2n) is 6.88.